The van der Waals surface area contributed by atoms with Gasteiger partial charge in [-0.1, -0.05) is 0 Å². The van der Waals surface area contributed by atoms with Gasteiger partial charge in [-0.3, -0.25) is 4.79 Å². The van der Waals surface area contributed by atoms with E-state index in [1.165, 1.54) is 25.1 Å². The SMILES string of the molecule is Cc1c(S(=O)(=O)NC(C)(C)CCC(=O)O)oc2ccc(F)cc12. The summed E-state index contributed by atoms with van der Waals surface area (Å²) in [6.45, 7) is 4.71. The number of aryl methyl sites for hydroxylation is 1. The van der Waals surface area contributed by atoms with Crippen molar-refractivity contribution < 1.29 is 27.1 Å². The molecular weight excluding hydrogens is 325 g/mol. The largest absolute Gasteiger partial charge is 0.481 e. The second kappa shape index (κ2) is 5.93. The number of furan rings is 1. The predicted molar refractivity (Wildman–Crippen MR) is 82.2 cm³/mol. The predicted octanol–water partition coefficient (Wildman–Crippen LogP) is 2.80. The van der Waals surface area contributed by atoms with E-state index in [2.05, 4.69) is 4.72 Å². The Hall–Kier alpha value is -1.93. The molecule has 0 saturated carbocycles. The van der Waals surface area contributed by atoms with E-state index in [1.54, 1.807) is 13.8 Å². The molecule has 0 bridgehead atoms. The van der Waals surface area contributed by atoms with E-state index in [4.69, 9.17) is 9.52 Å². The molecule has 0 atom stereocenters. The minimum absolute atomic E-state index is 0.121. The number of aliphatic carboxylic acids is 1. The summed E-state index contributed by atoms with van der Waals surface area (Å²) in [7, 11) is -4.00. The second-order valence-electron chi connectivity index (χ2n) is 6.04. The van der Waals surface area contributed by atoms with E-state index in [9.17, 15) is 17.6 Å². The fourth-order valence-electron chi connectivity index (χ4n) is 2.31. The Balaban J connectivity index is 2.36. The number of fused-ring (bicyclic) bond motifs is 1. The van der Waals surface area contributed by atoms with Crippen LogP contribution in [0, 0.1) is 12.7 Å². The molecule has 1 aromatic heterocycles. The third-order valence-corrected chi connectivity index (χ3v) is 5.17. The molecule has 1 aromatic carbocycles. The zero-order valence-corrected chi connectivity index (χ0v) is 13.8. The lowest BCUT2D eigenvalue weighted by molar-refractivity contribution is -0.137. The maximum Gasteiger partial charge on any atom is 0.303 e. The van der Waals surface area contributed by atoms with Crippen molar-refractivity contribution in [2.75, 3.05) is 0 Å². The Bertz CT molecular complexity index is 854. The minimum atomic E-state index is -4.00. The summed E-state index contributed by atoms with van der Waals surface area (Å²) in [6.07, 6.45) is -0.0463. The van der Waals surface area contributed by atoms with Crippen molar-refractivity contribution in [2.45, 2.75) is 44.2 Å². The number of carboxylic acids is 1. The molecule has 0 aliphatic rings. The number of carboxylic acid groups (broad SMARTS) is 1. The maximum absolute atomic E-state index is 13.3. The third kappa shape index (κ3) is 3.89. The quantitative estimate of drug-likeness (QED) is 0.841. The molecule has 0 spiro atoms. The average Bonchev–Trinajstić information content (AvgIpc) is 2.74. The van der Waals surface area contributed by atoms with Crippen LogP contribution < -0.4 is 4.72 Å². The Morgan fingerprint density at radius 1 is 1.39 bits per heavy atom. The number of benzene rings is 1. The summed E-state index contributed by atoms with van der Waals surface area (Å²) < 4.78 is 46.1. The first kappa shape index (κ1) is 17.4. The van der Waals surface area contributed by atoms with E-state index in [0.29, 0.717) is 10.9 Å². The molecule has 2 N–H and O–H groups in total. The van der Waals surface area contributed by atoms with Crippen LogP contribution in [0.2, 0.25) is 0 Å². The third-order valence-electron chi connectivity index (χ3n) is 3.47. The van der Waals surface area contributed by atoms with E-state index >= 15 is 0 Å². The molecule has 0 aliphatic carbocycles. The van der Waals surface area contributed by atoms with Crippen LogP contribution in [0.25, 0.3) is 11.0 Å². The number of carbonyl (C=O) groups is 1. The first-order valence-corrected chi connectivity index (χ1v) is 8.44. The van der Waals surface area contributed by atoms with Crippen LogP contribution in [-0.4, -0.2) is 25.0 Å². The number of nitrogens with one attached hydrogen (secondary N) is 1. The van der Waals surface area contributed by atoms with Gasteiger partial charge in [-0.05, 0) is 45.4 Å². The highest BCUT2D eigenvalue weighted by molar-refractivity contribution is 7.89. The monoisotopic (exact) mass is 343 g/mol. The molecular formula is C15H18FNO5S. The van der Waals surface area contributed by atoms with Crippen molar-refractivity contribution in [2.24, 2.45) is 0 Å². The maximum atomic E-state index is 13.3. The van der Waals surface area contributed by atoms with Crippen molar-refractivity contribution >= 4 is 27.0 Å². The first-order valence-electron chi connectivity index (χ1n) is 6.96. The Morgan fingerprint density at radius 2 is 2.04 bits per heavy atom. The van der Waals surface area contributed by atoms with Gasteiger partial charge in [-0.25, -0.2) is 17.5 Å². The van der Waals surface area contributed by atoms with Gasteiger partial charge in [-0.2, -0.15) is 0 Å². The zero-order chi connectivity index (χ0) is 17.4. The smallest absolute Gasteiger partial charge is 0.303 e. The molecule has 0 fully saturated rings. The van der Waals surface area contributed by atoms with Crippen LogP contribution in [0.5, 0.6) is 0 Å². The molecule has 2 rings (SSSR count). The second-order valence-corrected chi connectivity index (χ2v) is 7.62. The highest BCUT2D eigenvalue weighted by atomic mass is 32.2. The van der Waals surface area contributed by atoms with Gasteiger partial charge < -0.3 is 9.52 Å². The highest BCUT2D eigenvalue weighted by Crippen LogP contribution is 2.30. The molecule has 2 aromatic rings. The summed E-state index contributed by atoms with van der Waals surface area (Å²) in [5, 5.41) is 8.82. The summed E-state index contributed by atoms with van der Waals surface area (Å²) in [4.78, 5) is 10.7. The molecule has 1 heterocycles. The number of sulfonamides is 1. The Morgan fingerprint density at radius 3 is 2.65 bits per heavy atom. The van der Waals surface area contributed by atoms with Crippen LogP contribution in [0.4, 0.5) is 4.39 Å². The van der Waals surface area contributed by atoms with Crippen LogP contribution in [-0.2, 0) is 14.8 Å². The van der Waals surface area contributed by atoms with Crippen molar-refractivity contribution in [1.82, 2.24) is 4.72 Å². The molecule has 0 amide bonds. The highest BCUT2D eigenvalue weighted by Gasteiger charge is 2.31. The van der Waals surface area contributed by atoms with Gasteiger partial charge in [0.15, 0.2) is 0 Å². The summed E-state index contributed by atoms with van der Waals surface area (Å²) in [6, 6.07) is 3.76. The van der Waals surface area contributed by atoms with Crippen molar-refractivity contribution in [3.63, 3.8) is 0 Å². The summed E-state index contributed by atoms with van der Waals surface area (Å²) >= 11 is 0. The van der Waals surface area contributed by atoms with Gasteiger partial charge in [0, 0.05) is 22.9 Å². The molecule has 0 unspecified atom stereocenters. The minimum Gasteiger partial charge on any atom is -0.481 e. The van der Waals surface area contributed by atoms with Gasteiger partial charge in [0.05, 0.1) is 0 Å². The fourth-order valence-corrected chi connectivity index (χ4v) is 3.94. The van der Waals surface area contributed by atoms with Crippen LogP contribution in [0.1, 0.15) is 32.3 Å². The molecule has 126 valence electrons. The lowest BCUT2D eigenvalue weighted by Gasteiger charge is -2.24. The van der Waals surface area contributed by atoms with Gasteiger partial charge in [0.1, 0.15) is 11.4 Å². The number of halogens is 1. The van der Waals surface area contributed by atoms with Crippen LogP contribution >= 0.6 is 0 Å². The van der Waals surface area contributed by atoms with Gasteiger partial charge in [0.2, 0.25) is 5.09 Å². The van der Waals surface area contributed by atoms with Crippen molar-refractivity contribution in [3.05, 3.63) is 29.6 Å². The standard InChI is InChI=1S/C15H18FNO5S/c1-9-11-8-10(16)4-5-12(11)22-14(9)23(20,21)17-15(2,3)7-6-13(18)19/h4-5,8,17H,6-7H2,1-3H3,(H,18,19). The number of rotatable bonds is 6. The molecule has 8 heteroatoms. The fraction of sp³-hybridized carbons (Fsp3) is 0.400. The van der Waals surface area contributed by atoms with Gasteiger partial charge in [-0.15, -0.1) is 0 Å². The van der Waals surface area contributed by atoms with Gasteiger partial charge >= 0.3 is 5.97 Å². The van der Waals surface area contributed by atoms with E-state index < -0.39 is 27.3 Å². The van der Waals surface area contributed by atoms with Crippen LogP contribution in [0.15, 0.2) is 27.7 Å². The summed E-state index contributed by atoms with van der Waals surface area (Å²) in [5.74, 6) is -1.49. The van der Waals surface area contributed by atoms with E-state index in [-0.39, 0.29) is 23.5 Å². The Kier molecular flexibility index (Phi) is 4.50. The van der Waals surface area contributed by atoms with Crippen molar-refractivity contribution in [1.29, 1.82) is 0 Å². The molecule has 0 radical (unpaired) electrons. The normalized spacial score (nSPS) is 12.7. The van der Waals surface area contributed by atoms with Crippen molar-refractivity contribution in [3.8, 4) is 0 Å². The molecule has 23 heavy (non-hydrogen) atoms. The lowest BCUT2D eigenvalue weighted by Crippen LogP contribution is -2.43. The number of hydrogen-bond acceptors (Lipinski definition) is 4. The van der Waals surface area contributed by atoms with E-state index in [0.717, 1.165) is 0 Å². The lowest BCUT2D eigenvalue weighted by atomic mass is 10.0. The average molecular weight is 343 g/mol. The topological polar surface area (TPSA) is 96.6 Å². The summed E-state index contributed by atoms with van der Waals surface area (Å²) in [5.41, 5.74) is -0.387. The molecule has 6 nitrogen and oxygen atoms in total. The van der Waals surface area contributed by atoms with Crippen LogP contribution in [0.3, 0.4) is 0 Å². The Labute approximate surface area is 133 Å². The molecule has 0 aliphatic heterocycles. The molecule has 0 saturated heterocycles. The van der Waals surface area contributed by atoms with E-state index in [1.807, 2.05) is 0 Å². The number of hydrogen-bond donors (Lipinski definition) is 2. The first-order chi connectivity index (χ1) is 10.5. The van der Waals surface area contributed by atoms with Gasteiger partial charge in [0.25, 0.3) is 10.0 Å². The zero-order valence-electron chi connectivity index (χ0n) is 13.0.